The van der Waals surface area contributed by atoms with Gasteiger partial charge in [0.2, 0.25) is 5.78 Å². The lowest BCUT2D eigenvalue weighted by Crippen LogP contribution is -3.12. The van der Waals surface area contributed by atoms with E-state index in [1.165, 1.54) is 4.90 Å². The highest BCUT2D eigenvalue weighted by Gasteiger charge is 2.44. The first-order valence-corrected chi connectivity index (χ1v) is 12.0. The van der Waals surface area contributed by atoms with Crippen molar-refractivity contribution in [2.45, 2.75) is 46.1 Å². The van der Waals surface area contributed by atoms with Gasteiger partial charge in [0.05, 0.1) is 39.3 Å². The van der Waals surface area contributed by atoms with Crippen LogP contribution in [0.1, 0.15) is 57.4 Å². The molecule has 2 aromatic carbocycles. The fourth-order valence-corrected chi connectivity index (χ4v) is 4.39. The average Bonchev–Trinajstić information content (AvgIpc) is 3.08. The Balaban J connectivity index is 2.09. The number of methoxy groups -OCH3 is 1. The quantitative estimate of drug-likeness (QED) is 0.369. The lowest BCUT2D eigenvalue weighted by Gasteiger charge is -2.29. The molecule has 1 N–H and O–H groups in total. The van der Waals surface area contributed by atoms with Gasteiger partial charge >= 0.3 is 0 Å². The van der Waals surface area contributed by atoms with Gasteiger partial charge in [-0.25, -0.2) is 0 Å². The number of hydrogen-bond acceptors (Lipinski definition) is 4. The molecule has 0 radical (unpaired) electrons. The molecule has 1 aliphatic rings. The van der Waals surface area contributed by atoms with Crippen molar-refractivity contribution in [3.8, 4) is 5.75 Å². The van der Waals surface area contributed by atoms with Gasteiger partial charge in [-0.05, 0) is 48.1 Å². The van der Waals surface area contributed by atoms with Crippen molar-refractivity contribution < 1.29 is 24.3 Å². The number of likely N-dealkylation sites (N-methyl/N-ethyl adjacent to an activating group) is 1. The van der Waals surface area contributed by atoms with Crippen molar-refractivity contribution in [2.24, 2.45) is 0 Å². The molecule has 1 amide bonds. The fraction of sp³-hybridized carbons (Fsp3) is 0.429. The van der Waals surface area contributed by atoms with Gasteiger partial charge in [-0.15, -0.1) is 0 Å². The first-order valence-electron chi connectivity index (χ1n) is 12.0. The summed E-state index contributed by atoms with van der Waals surface area (Å²) in [6.45, 7) is 13.6. The van der Waals surface area contributed by atoms with E-state index in [9.17, 15) is 14.7 Å². The zero-order chi connectivity index (χ0) is 25.0. The zero-order valence-corrected chi connectivity index (χ0v) is 21.1. The van der Waals surface area contributed by atoms with Crippen LogP contribution >= 0.6 is 0 Å². The molecular formula is C28H36N2O4. The van der Waals surface area contributed by atoms with Gasteiger partial charge < -0.3 is 19.6 Å². The summed E-state index contributed by atoms with van der Waals surface area (Å²) in [6, 6.07) is 13.9. The molecule has 1 atom stereocenters. The summed E-state index contributed by atoms with van der Waals surface area (Å²) >= 11 is 0. The summed E-state index contributed by atoms with van der Waals surface area (Å²) in [5.74, 6) is -1.11. The Morgan fingerprint density at radius 1 is 1.00 bits per heavy atom. The van der Waals surface area contributed by atoms with Crippen LogP contribution in [0.25, 0.3) is 5.76 Å². The fourth-order valence-electron chi connectivity index (χ4n) is 4.39. The molecule has 0 saturated carbocycles. The molecule has 34 heavy (non-hydrogen) atoms. The Morgan fingerprint density at radius 2 is 1.59 bits per heavy atom. The van der Waals surface area contributed by atoms with E-state index < -0.39 is 23.5 Å². The second kappa shape index (κ2) is 10.4. The van der Waals surface area contributed by atoms with Crippen molar-refractivity contribution in [3.63, 3.8) is 0 Å². The molecule has 2 aromatic rings. The largest absolute Gasteiger partial charge is 0.872 e. The highest BCUT2D eigenvalue weighted by Crippen LogP contribution is 2.39. The minimum atomic E-state index is -0.708. The van der Waals surface area contributed by atoms with Gasteiger partial charge in [0.1, 0.15) is 5.75 Å². The second-order valence-electron chi connectivity index (χ2n) is 9.78. The number of nitrogens with one attached hydrogen (secondary N) is 1. The first-order chi connectivity index (χ1) is 16.1. The minimum absolute atomic E-state index is 0.0215. The molecule has 3 rings (SSSR count). The topological polar surface area (TPSA) is 74.1 Å². The average molecular weight is 465 g/mol. The Morgan fingerprint density at radius 3 is 2.09 bits per heavy atom. The van der Waals surface area contributed by atoms with Gasteiger partial charge in [0, 0.05) is 5.57 Å². The van der Waals surface area contributed by atoms with Crippen LogP contribution in [0, 0.1) is 0 Å². The molecule has 1 saturated heterocycles. The number of ether oxygens (including phenoxy) is 1. The Bertz CT molecular complexity index is 1050. The van der Waals surface area contributed by atoms with E-state index in [0.29, 0.717) is 24.4 Å². The van der Waals surface area contributed by atoms with E-state index >= 15 is 0 Å². The normalized spacial score (nSPS) is 18.1. The number of carbonyl (C=O) groups excluding carboxylic acids is 2. The molecule has 182 valence electrons. The lowest BCUT2D eigenvalue weighted by molar-refractivity contribution is -0.895. The summed E-state index contributed by atoms with van der Waals surface area (Å²) in [7, 11) is 1.55. The van der Waals surface area contributed by atoms with E-state index in [1.807, 2.05) is 24.3 Å². The van der Waals surface area contributed by atoms with Crippen LogP contribution in [0.4, 0.5) is 0 Å². The Kier molecular flexibility index (Phi) is 7.82. The molecule has 1 aliphatic heterocycles. The van der Waals surface area contributed by atoms with Crippen molar-refractivity contribution in [1.82, 2.24) is 4.90 Å². The van der Waals surface area contributed by atoms with E-state index in [1.54, 1.807) is 36.3 Å². The van der Waals surface area contributed by atoms with Crippen LogP contribution in [0.5, 0.6) is 5.75 Å². The summed E-state index contributed by atoms with van der Waals surface area (Å²) < 4.78 is 5.18. The Hall–Kier alpha value is -3.12. The minimum Gasteiger partial charge on any atom is -0.872 e. The number of ketones is 1. The van der Waals surface area contributed by atoms with Crippen molar-refractivity contribution in [3.05, 3.63) is 70.8 Å². The van der Waals surface area contributed by atoms with Gasteiger partial charge in [0.15, 0.2) is 0 Å². The number of carbonyl (C=O) groups is 2. The van der Waals surface area contributed by atoms with E-state index in [2.05, 4.69) is 34.6 Å². The van der Waals surface area contributed by atoms with Gasteiger partial charge in [-0.1, -0.05) is 62.9 Å². The maximum atomic E-state index is 13.5. The highest BCUT2D eigenvalue weighted by atomic mass is 16.5. The summed E-state index contributed by atoms with van der Waals surface area (Å²) in [6.07, 6.45) is 0. The molecule has 6 nitrogen and oxygen atoms in total. The molecule has 6 heteroatoms. The molecule has 0 aromatic heterocycles. The van der Waals surface area contributed by atoms with Crippen molar-refractivity contribution in [1.29, 1.82) is 0 Å². The Labute approximate surface area is 202 Å². The van der Waals surface area contributed by atoms with Crippen LogP contribution in [0.3, 0.4) is 0 Å². The molecule has 1 unspecified atom stereocenters. The summed E-state index contributed by atoms with van der Waals surface area (Å²) in [5.41, 5.74) is 2.28. The number of nitrogens with zero attached hydrogens (tertiary/aromatic N) is 1. The van der Waals surface area contributed by atoms with Crippen LogP contribution < -0.4 is 14.7 Å². The molecule has 0 bridgehead atoms. The monoisotopic (exact) mass is 464 g/mol. The maximum absolute atomic E-state index is 13.5. The molecule has 1 heterocycles. The smallest absolute Gasteiger partial charge is 0.295 e. The summed E-state index contributed by atoms with van der Waals surface area (Å²) in [5, 5.41) is 13.5. The van der Waals surface area contributed by atoms with E-state index in [4.69, 9.17) is 4.74 Å². The maximum Gasteiger partial charge on any atom is 0.295 e. The van der Waals surface area contributed by atoms with Crippen LogP contribution in [0.2, 0.25) is 0 Å². The molecule has 1 fully saturated rings. The second-order valence-corrected chi connectivity index (χ2v) is 9.78. The lowest BCUT2D eigenvalue weighted by atomic mass is 9.85. The number of amides is 1. The van der Waals surface area contributed by atoms with Gasteiger partial charge in [0.25, 0.3) is 5.91 Å². The third kappa shape index (κ3) is 5.17. The van der Waals surface area contributed by atoms with Crippen LogP contribution in [-0.2, 0) is 15.0 Å². The number of benzene rings is 2. The van der Waals surface area contributed by atoms with Crippen molar-refractivity contribution >= 4 is 17.4 Å². The molecule has 0 aliphatic carbocycles. The number of Topliss-reactive ketones (excluding diaryl/α,β-unsaturated/α-hetero) is 1. The van der Waals surface area contributed by atoms with Gasteiger partial charge in [-0.3, -0.25) is 9.59 Å². The van der Waals surface area contributed by atoms with Crippen molar-refractivity contribution in [2.75, 3.05) is 33.3 Å². The van der Waals surface area contributed by atoms with Crippen LogP contribution in [-0.4, -0.2) is 49.9 Å². The number of hydrogen-bond donors (Lipinski definition) is 1. The number of rotatable bonds is 8. The highest BCUT2D eigenvalue weighted by molar-refractivity contribution is 6.46. The van der Waals surface area contributed by atoms with Crippen LogP contribution in [0.15, 0.2) is 54.1 Å². The zero-order valence-electron chi connectivity index (χ0n) is 21.1. The number of likely N-dealkylation sites (tertiary alicyclic amines) is 1. The predicted octanol–water partition coefficient (Wildman–Crippen LogP) is 2.14. The molecular weight excluding hydrogens is 428 g/mol. The first kappa shape index (κ1) is 25.5. The molecule has 0 spiro atoms. The predicted molar refractivity (Wildman–Crippen MR) is 131 cm³/mol. The SMILES string of the molecule is CC[NH+](CC)CCN1C(=O)C(=O)C(=C([O-])c2ccc(OC)cc2)C1c1ccc(C(C)(C)C)cc1. The van der Waals surface area contributed by atoms with E-state index in [-0.39, 0.29) is 11.0 Å². The van der Waals surface area contributed by atoms with Gasteiger partial charge in [-0.2, -0.15) is 0 Å². The van der Waals surface area contributed by atoms with E-state index in [0.717, 1.165) is 24.2 Å². The summed E-state index contributed by atoms with van der Waals surface area (Å²) in [4.78, 5) is 29.2. The third-order valence-electron chi connectivity index (χ3n) is 6.68. The standard InChI is InChI=1S/C28H36N2O4/c1-7-29(8-2)17-18-30-24(19-9-13-21(14-10-19)28(3,4)5)23(26(32)27(30)33)25(31)20-11-15-22(34-6)16-12-20/h9-16,24,31H,7-8,17-18H2,1-6H3. The third-order valence-corrected chi connectivity index (χ3v) is 6.68. The number of quaternary nitrogens is 1.